The van der Waals surface area contributed by atoms with Gasteiger partial charge in [-0.1, -0.05) is 146 Å². The average molecular weight is 813 g/mol. The topological polar surface area (TPSA) is 42.0 Å². The molecule has 1 aliphatic heterocycles. The predicted molar refractivity (Wildman–Crippen MR) is 258 cm³/mol. The lowest BCUT2D eigenvalue weighted by Gasteiger charge is -2.35. The number of rotatable bonds is 6. The SMILES string of the molecule is Cc1ccccc1N(C1=CC2c3c(cc(N(c4ccccc4C)c4cccc5c4oc4ccccc45)c4ccccc34)OC2c2ccccc21)c1cccc2c1oc1ccccc12. The van der Waals surface area contributed by atoms with E-state index in [-0.39, 0.29) is 12.0 Å². The molecule has 0 radical (unpaired) electrons. The number of hydrogen-bond donors (Lipinski definition) is 0. The largest absolute Gasteiger partial charge is 0.484 e. The second kappa shape index (κ2) is 13.7. The van der Waals surface area contributed by atoms with Crippen molar-refractivity contribution in [3.05, 3.63) is 222 Å². The van der Waals surface area contributed by atoms with Crippen molar-refractivity contribution in [2.45, 2.75) is 25.9 Å². The third-order valence-electron chi connectivity index (χ3n) is 13.3. The minimum absolute atomic E-state index is 0.0871. The van der Waals surface area contributed by atoms with Gasteiger partial charge in [-0.05, 0) is 72.8 Å². The summed E-state index contributed by atoms with van der Waals surface area (Å²) in [5.74, 6) is 0.791. The van der Waals surface area contributed by atoms with Gasteiger partial charge < -0.3 is 23.4 Å². The van der Waals surface area contributed by atoms with E-state index in [0.29, 0.717) is 0 Å². The van der Waals surface area contributed by atoms with Crippen molar-refractivity contribution >= 4 is 88.8 Å². The fourth-order valence-corrected chi connectivity index (χ4v) is 10.4. The van der Waals surface area contributed by atoms with Crippen LogP contribution in [0.15, 0.2) is 203 Å². The number of anilines is 5. The van der Waals surface area contributed by atoms with Crippen molar-refractivity contribution in [2.24, 2.45) is 0 Å². The Morgan fingerprint density at radius 3 is 1.56 bits per heavy atom. The van der Waals surface area contributed by atoms with E-state index in [1.165, 1.54) is 11.1 Å². The molecule has 1 aliphatic carbocycles. The Morgan fingerprint density at radius 2 is 0.905 bits per heavy atom. The molecule has 0 bridgehead atoms. The fourth-order valence-electron chi connectivity index (χ4n) is 10.4. The molecule has 9 aromatic carbocycles. The van der Waals surface area contributed by atoms with Crippen LogP contribution >= 0.6 is 0 Å². The van der Waals surface area contributed by atoms with Crippen LogP contribution in [0.2, 0.25) is 0 Å². The Kier molecular flexibility index (Phi) is 7.79. The zero-order valence-electron chi connectivity index (χ0n) is 34.7. The normalized spacial score (nSPS) is 15.4. The summed E-state index contributed by atoms with van der Waals surface area (Å²) in [6.07, 6.45) is 2.22. The highest BCUT2D eigenvalue weighted by atomic mass is 16.5. The maximum atomic E-state index is 7.32. The molecule has 0 saturated carbocycles. The van der Waals surface area contributed by atoms with Gasteiger partial charge in [0.25, 0.3) is 0 Å². The number of nitrogens with zero attached hydrogens (tertiary/aromatic N) is 2. The van der Waals surface area contributed by atoms with Crippen LogP contribution in [0.5, 0.6) is 5.75 Å². The molecule has 0 N–H and O–H groups in total. The summed E-state index contributed by atoms with van der Waals surface area (Å²) in [4.78, 5) is 4.79. The van der Waals surface area contributed by atoms with Crippen LogP contribution in [0.4, 0.5) is 28.4 Å². The molecule has 300 valence electrons. The number of furan rings is 2. The van der Waals surface area contributed by atoms with Crippen LogP contribution in [-0.4, -0.2) is 0 Å². The second-order valence-electron chi connectivity index (χ2n) is 16.8. The lowest BCUT2D eigenvalue weighted by atomic mass is 9.80. The highest BCUT2D eigenvalue weighted by Gasteiger charge is 2.43. The molecular weight excluding hydrogens is 773 g/mol. The molecule has 63 heavy (non-hydrogen) atoms. The summed E-state index contributed by atoms with van der Waals surface area (Å²) in [7, 11) is 0. The van der Waals surface area contributed by atoms with Crippen LogP contribution in [-0.2, 0) is 0 Å². The van der Waals surface area contributed by atoms with Gasteiger partial charge in [0.05, 0.1) is 22.8 Å². The zero-order chi connectivity index (χ0) is 41.8. The first kappa shape index (κ1) is 35.7. The summed E-state index contributed by atoms with van der Waals surface area (Å²) in [5, 5.41) is 6.67. The van der Waals surface area contributed by atoms with E-state index in [9.17, 15) is 0 Å². The van der Waals surface area contributed by atoms with Crippen LogP contribution in [0, 0.1) is 13.8 Å². The number of para-hydroxylation sites is 6. The standard InChI is InChI=1S/C58H40N2O3/c1-35-17-3-11-27-46(35)59(48-29-15-25-43-39-21-9-13-31-52(39)61-57(43)48)50-33-45-55-41-23-7-5-19-37(41)51(34-54(55)63-56(45)42-24-8-6-20-38(42)50)60(47-28-12-4-18-36(47)2)49-30-16-26-44-40-22-10-14-32-53(40)62-58(44)49/h3-34,45,56H,1-2H3. The fraction of sp³-hybridized carbons (Fsp3) is 0.0690. The van der Waals surface area contributed by atoms with Gasteiger partial charge in [-0.15, -0.1) is 0 Å². The Bertz CT molecular complexity index is 3690. The van der Waals surface area contributed by atoms with Crippen molar-refractivity contribution in [3.63, 3.8) is 0 Å². The molecule has 0 fully saturated rings. The van der Waals surface area contributed by atoms with E-state index in [0.717, 1.165) is 111 Å². The van der Waals surface area contributed by atoms with Crippen LogP contribution in [0.25, 0.3) is 60.3 Å². The maximum Gasteiger partial charge on any atom is 0.159 e. The third-order valence-corrected chi connectivity index (χ3v) is 13.3. The van der Waals surface area contributed by atoms with E-state index >= 15 is 0 Å². The molecule has 0 saturated heterocycles. The molecule has 5 nitrogen and oxygen atoms in total. The predicted octanol–water partition coefficient (Wildman–Crippen LogP) is 16.1. The van der Waals surface area contributed by atoms with Gasteiger partial charge in [0.15, 0.2) is 11.2 Å². The van der Waals surface area contributed by atoms with Crippen molar-refractivity contribution in [3.8, 4) is 5.75 Å². The molecule has 3 heterocycles. The van der Waals surface area contributed by atoms with Crippen molar-refractivity contribution < 1.29 is 13.6 Å². The number of hydrogen-bond acceptors (Lipinski definition) is 5. The smallest absolute Gasteiger partial charge is 0.159 e. The Balaban J connectivity index is 1.06. The van der Waals surface area contributed by atoms with Gasteiger partial charge in [-0.3, -0.25) is 0 Å². The van der Waals surface area contributed by atoms with Crippen LogP contribution in [0.3, 0.4) is 0 Å². The number of aryl methyl sites for hydroxylation is 2. The summed E-state index contributed by atoms with van der Waals surface area (Å²) >= 11 is 0. The summed E-state index contributed by atoms with van der Waals surface area (Å²) in [6.45, 7) is 4.37. The van der Waals surface area contributed by atoms with Crippen LogP contribution in [0.1, 0.15) is 39.8 Å². The minimum atomic E-state index is -0.231. The maximum absolute atomic E-state index is 7.32. The Morgan fingerprint density at radius 1 is 0.413 bits per heavy atom. The zero-order valence-corrected chi connectivity index (χ0v) is 34.7. The minimum Gasteiger partial charge on any atom is -0.484 e. The molecule has 0 amide bonds. The lowest BCUT2D eigenvalue weighted by Crippen LogP contribution is -2.24. The Labute approximate surface area is 364 Å². The summed E-state index contributed by atoms with van der Waals surface area (Å²) < 4.78 is 20.8. The first-order valence-electron chi connectivity index (χ1n) is 21.7. The highest BCUT2D eigenvalue weighted by molar-refractivity contribution is 6.14. The van der Waals surface area contributed by atoms with Gasteiger partial charge in [-0.2, -0.15) is 0 Å². The van der Waals surface area contributed by atoms with E-state index in [4.69, 9.17) is 13.6 Å². The molecule has 0 spiro atoms. The van der Waals surface area contributed by atoms with Gasteiger partial charge in [0.2, 0.25) is 0 Å². The van der Waals surface area contributed by atoms with Gasteiger partial charge in [0, 0.05) is 67.0 Å². The van der Waals surface area contributed by atoms with E-state index < -0.39 is 0 Å². The molecule has 13 rings (SSSR count). The van der Waals surface area contributed by atoms with E-state index in [1.807, 2.05) is 12.1 Å². The van der Waals surface area contributed by atoms with Gasteiger partial charge >= 0.3 is 0 Å². The Hall–Kier alpha value is -8.02. The molecule has 2 aromatic heterocycles. The third kappa shape index (κ3) is 5.29. The van der Waals surface area contributed by atoms with Crippen molar-refractivity contribution in [2.75, 3.05) is 9.80 Å². The van der Waals surface area contributed by atoms with Crippen LogP contribution < -0.4 is 14.5 Å². The summed E-state index contributed by atoms with van der Waals surface area (Å²) in [5.41, 5.74) is 15.5. The molecule has 2 aliphatic rings. The average Bonchev–Trinajstić information content (AvgIpc) is 4.03. The molecule has 5 heteroatoms. The highest BCUT2D eigenvalue weighted by Crippen LogP contribution is 2.58. The number of ether oxygens (including phenoxy) is 1. The quantitative estimate of drug-likeness (QED) is 0.167. The lowest BCUT2D eigenvalue weighted by molar-refractivity contribution is 0.223. The molecule has 11 aromatic rings. The molecule has 2 unspecified atom stereocenters. The van der Waals surface area contributed by atoms with Crippen molar-refractivity contribution in [1.29, 1.82) is 0 Å². The van der Waals surface area contributed by atoms with Gasteiger partial charge in [0.1, 0.15) is 23.0 Å². The first-order valence-corrected chi connectivity index (χ1v) is 21.7. The van der Waals surface area contributed by atoms with Crippen molar-refractivity contribution in [1.82, 2.24) is 0 Å². The second-order valence-corrected chi connectivity index (χ2v) is 16.8. The summed E-state index contributed by atoms with van der Waals surface area (Å²) in [6, 6.07) is 66.7. The number of fused-ring (bicyclic) bond motifs is 13. The first-order chi connectivity index (χ1) is 31.1. The van der Waals surface area contributed by atoms with E-state index in [1.54, 1.807) is 0 Å². The molecule has 2 atom stereocenters. The molecular formula is C58H40N2O3. The van der Waals surface area contributed by atoms with E-state index in [2.05, 4.69) is 206 Å². The van der Waals surface area contributed by atoms with Gasteiger partial charge in [-0.25, -0.2) is 0 Å². The number of benzene rings is 9. The monoisotopic (exact) mass is 812 g/mol.